The van der Waals surface area contributed by atoms with E-state index in [9.17, 15) is 0 Å². The first kappa shape index (κ1) is 11.4. The van der Waals surface area contributed by atoms with Gasteiger partial charge in [-0.3, -0.25) is 4.90 Å². The van der Waals surface area contributed by atoms with Gasteiger partial charge in [0.05, 0.1) is 18.8 Å². The van der Waals surface area contributed by atoms with Gasteiger partial charge < -0.3 is 10.8 Å². The number of aliphatic hydroxyl groups is 1. The van der Waals surface area contributed by atoms with Crippen LogP contribution in [0.15, 0.2) is 0 Å². The van der Waals surface area contributed by atoms with Crippen LogP contribution in [0, 0.1) is 0 Å². The fraction of sp³-hybridized carbons (Fsp3) is 0.727. The second-order valence-corrected chi connectivity index (χ2v) is 5.28. The molecule has 0 aromatic carbocycles. The Kier molecular flexibility index (Phi) is 2.67. The summed E-state index contributed by atoms with van der Waals surface area (Å²) in [5.74, 6) is 0.704. The highest BCUT2D eigenvalue weighted by atomic mass is 16.3. The van der Waals surface area contributed by atoms with Crippen LogP contribution in [-0.2, 0) is 19.6 Å². The molecule has 0 fully saturated rings. The lowest BCUT2D eigenvalue weighted by Crippen LogP contribution is -2.37. The van der Waals surface area contributed by atoms with Gasteiger partial charge in [0.1, 0.15) is 5.82 Å². The van der Waals surface area contributed by atoms with Gasteiger partial charge >= 0.3 is 0 Å². The van der Waals surface area contributed by atoms with Crippen LogP contribution in [0.25, 0.3) is 0 Å². The number of nitrogens with zero attached hydrogens (tertiary/aromatic N) is 3. The molecule has 2 rings (SSSR count). The minimum absolute atomic E-state index is 0.0771. The van der Waals surface area contributed by atoms with Gasteiger partial charge in [0.25, 0.3) is 0 Å². The van der Waals surface area contributed by atoms with Gasteiger partial charge in [0.15, 0.2) is 0 Å². The van der Waals surface area contributed by atoms with Gasteiger partial charge in [-0.1, -0.05) is 0 Å². The first-order valence-corrected chi connectivity index (χ1v) is 5.63. The molecule has 0 unspecified atom stereocenters. The maximum Gasteiger partial charge on any atom is 0.126 e. The minimum atomic E-state index is 0.0771. The summed E-state index contributed by atoms with van der Waals surface area (Å²) in [6, 6.07) is 0. The Morgan fingerprint density at radius 2 is 2.06 bits per heavy atom. The van der Waals surface area contributed by atoms with Crippen LogP contribution < -0.4 is 5.73 Å². The van der Waals surface area contributed by atoms with Crippen molar-refractivity contribution in [3.05, 3.63) is 11.3 Å². The van der Waals surface area contributed by atoms with Crippen LogP contribution in [-0.4, -0.2) is 31.9 Å². The third kappa shape index (κ3) is 1.81. The molecule has 0 radical (unpaired) electrons. The Hall–Kier alpha value is -1.07. The fourth-order valence-electron chi connectivity index (χ4n) is 2.03. The molecular formula is C11H20N4O. The Balaban J connectivity index is 2.21. The Morgan fingerprint density at radius 3 is 2.56 bits per heavy atom. The molecule has 0 amide bonds. The summed E-state index contributed by atoms with van der Waals surface area (Å²) in [5, 5.41) is 13.3. The lowest BCUT2D eigenvalue weighted by atomic mass is 10.1. The van der Waals surface area contributed by atoms with E-state index in [2.05, 4.69) is 30.8 Å². The summed E-state index contributed by atoms with van der Waals surface area (Å²) < 4.78 is 1.70. The van der Waals surface area contributed by atoms with E-state index in [4.69, 9.17) is 10.8 Å². The molecule has 5 nitrogen and oxygen atoms in total. The third-order valence-corrected chi connectivity index (χ3v) is 3.13. The van der Waals surface area contributed by atoms with E-state index in [0.29, 0.717) is 12.4 Å². The van der Waals surface area contributed by atoms with E-state index in [1.165, 1.54) is 0 Å². The zero-order valence-electron chi connectivity index (χ0n) is 10.2. The van der Waals surface area contributed by atoms with E-state index in [1.807, 2.05) is 0 Å². The zero-order valence-corrected chi connectivity index (χ0v) is 10.2. The predicted octanol–water partition coefficient (Wildman–Crippen LogP) is 0.572. The average Bonchev–Trinajstić information content (AvgIpc) is 2.68. The van der Waals surface area contributed by atoms with Crippen LogP contribution in [0.5, 0.6) is 0 Å². The molecular weight excluding hydrogens is 204 g/mol. The number of hydrogen-bond donors (Lipinski definition) is 2. The van der Waals surface area contributed by atoms with Crippen LogP contribution in [0.4, 0.5) is 5.82 Å². The van der Waals surface area contributed by atoms with Crippen molar-refractivity contribution >= 4 is 5.82 Å². The van der Waals surface area contributed by atoms with Crippen molar-refractivity contribution in [3.8, 4) is 0 Å². The van der Waals surface area contributed by atoms with Crippen LogP contribution >= 0.6 is 0 Å². The highest BCUT2D eigenvalue weighted by molar-refractivity contribution is 5.45. The Bertz CT molecular complexity index is 391. The van der Waals surface area contributed by atoms with E-state index in [1.54, 1.807) is 4.68 Å². The third-order valence-electron chi connectivity index (χ3n) is 3.13. The van der Waals surface area contributed by atoms with Gasteiger partial charge in [-0.05, 0) is 20.8 Å². The van der Waals surface area contributed by atoms with Crippen LogP contribution in [0.2, 0.25) is 0 Å². The second-order valence-electron chi connectivity index (χ2n) is 5.28. The van der Waals surface area contributed by atoms with Crippen molar-refractivity contribution < 1.29 is 5.11 Å². The number of nitrogens with two attached hydrogens (primary N) is 1. The normalized spacial score (nSPS) is 16.8. The van der Waals surface area contributed by atoms with Crippen molar-refractivity contribution in [3.63, 3.8) is 0 Å². The quantitative estimate of drug-likeness (QED) is 0.771. The maximum absolute atomic E-state index is 8.89. The standard InChI is InChI=1S/C11H20N4O/c1-11(2,3)14-6-8-9(7-14)13-15(4-5-16)10(8)12/h16H,4-7,12H2,1-3H3. The molecule has 16 heavy (non-hydrogen) atoms. The summed E-state index contributed by atoms with van der Waals surface area (Å²) in [5.41, 5.74) is 8.33. The second kappa shape index (κ2) is 3.75. The van der Waals surface area contributed by atoms with E-state index >= 15 is 0 Å². The summed E-state index contributed by atoms with van der Waals surface area (Å²) in [4.78, 5) is 2.35. The lowest BCUT2D eigenvalue weighted by molar-refractivity contribution is 0.134. The first-order chi connectivity index (χ1) is 7.43. The van der Waals surface area contributed by atoms with Crippen molar-refractivity contribution in [2.24, 2.45) is 0 Å². The van der Waals surface area contributed by atoms with Crippen molar-refractivity contribution in [1.82, 2.24) is 14.7 Å². The average molecular weight is 224 g/mol. The first-order valence-electron chi connectivity index (χ1n) is 5.63. The van der Waals surface area contributed by atoms with Gasteiger partial charge in [-0.2, -0.15) is 5.10 Å². The Labute approximate surface area is 95.8 Å². The summed E-state index contributed by atoms with van der Waals surface area (Å²) in [6.07, 6.45) is 0. The smallest absolute Gasteiger partial charge is 0.126 e. The SMILES string of the molecule is CC(C)(C)N1Cc2nn(CCO)c(N)c2C1. The van der Waals surface area contributed by atoms with Gasteiger partial charge in [-0.15, -0.1) is 0 Å². The summed E-state index contributed by atoms with van der Waals surface area (Å²) in [7, 11) is 0. The largest absolute Gasteiger partial charge is 0.394 e. The molecule has 2 heterocycles. The number of aromatic nitrogens is 2. The Morgan fingerprint density at radius 1 is 1.38 bits per heavy atom. The maximum atomic E-state index is 8.89. The van der Waals surface area contributed by atoms with Gasteiger partial charge in [-0.25, -0.2) is 4.68 Å². The lowest BCUT2D eigenvalue weighted by Gasteiger charge is -2.31. The number of nitrogen functional groups attached to an aromatic ring is 1. The van der Waals surface area contributed by atoms with E-state index in [-0.39, 0.29) is 12.1 Å². The molecule has 90 valence electrons. The topological polar surface area (TPSA) is 67.3 Å². The highest BCUT2D eigenvalue weighted by Crippen LogP contribution is 2.31. The number of fused-ring (bicyclic) bond motifs is 1. The summed E-state index contributed by atoms with van der Waals surface area (Å²) in [6.45, 7) is 8.84. The number of rotatable bonds is 2. The van der Waals surface area contributed by atoms with Gasteiger partial charge in [0, 0.05) is 24.2 Å². The molecule has 1 aromatic heterocycles. The zero-order chi connectivity index (χ0) is 11.9. The molecule has 0 bridgehead atoms. The molecule has 0 saturated carbocycles. The molecule has 0 spiro atoms. The molecule has 1 aromatic rings. The molecule has 0 atom stereocenters. The monoisotopic (exact) mass is 224 g/mol. The van der Waals surface area contributed by atoms with Crippen molar-refractivity contribution in [2.75, 3.05) is 12.3 Å². The molecule has 1 aliphatic heterocycles. The number of anilines is 1. The van der Waals surface area contributed by atoms with Crippen LogP contribution in [0.1, 0.15) is 32.0 Å². The van der Waals surface area contributed by atoms with E-state index in [0.717, 1.165) is 24.3 Å². The van der Waals surface area contributed by atoms with Gasteiger partial charge in [0.2, 0.25) is 0 Å². The van der Waals surface area contributed by atoms with Crippen molar-refractivity contribution in [1.29, 1.82) is 0 Å². The predicted molar refractivity (Wildman–Crippen MR) is 62.7 cm³/mol. The summed E-state index contributed by atoms with van der Waals surface area (Å²) >= 11 is 0. The molecule has 0 saturated heterocycles. The number of hydrogen-bond acceptors (Lipinski definition) is 4. The van der Waals surface area contributed by atoms with E-state index < -0.39 is 0 Å². The van der Waals surface area contributed by atoms with Crippen molar-refractivity contribution in [2.45, 2.75) is 45.9 Å². The molecule has 1 aliphatic rings. The molecule has 5 heteroatoms. The fourth-order valence-corrected chi connectivity index (χ4v) is 2.03. The molecule has 3 N–H and O–H groups in total. The van der Waals surface area contributed by atoms with Crippen LogP contribution in [0.3, 0.4) is 0 Å². The highest BCUT2D eigenvalue weighted by Gasteiger charge is 2.32. The minimum Gasteiger partial charge on any atom is -0.394 e. The molecule has 0 aliphatic carbocycles. The number of aliphatic hydroxyl groups excluding tert-OH is 1.